The van der Waals surface area contributed by atoms with E-state index in [9.17, 15) is 8.78 Å². The molecule has 0 fully saturated rings. The minimum Gasteiger partial charge on any atom is -0.441 e. The molecule has 0 saturated carbocycles. The molecule has 21 heavy (non-hydrogen) atoms. The van der Waals surface area contributed by atoms with Gasteiger partial charge in [-0.15, -0.1) is 0 Å². The Bertz CT molecular complexity index is 596. The maximum atomic E-state index is 13.8. The predicted octanol–water partition coefficient (Wildman–Crippen LogP) is 3.86. The van der Waals surface area contributed by atoms with E-state index in [1.54, 1.807) is 6.92 Å². The van der Waals surface area contributed by atoms with Crippen molar-refractivity contribution in [3.05, 3.63) is 41.4 Å². The highest BCUT2D eigenvalue weighted by molar-refractivity contribution is 5.58. The van der Waals surface area contributed by atoms with Gasteiger partial charge in [0.25, 0.3) is 0 Å². The fourth-order valence-electron chi connectivity index (χ4n) is 2.06. The van der Waals surface area contributed by atoms with E-state index in [0.717, 1.165) is 32.0 Å². The van der Waals surface area contributed by atoms with Crippen molar-refractivity contribution in [2.75, 3.05) is 13.1 Å². The molecule has 0 amide bonds. The van der Waals surface area contributed by atoms with E-state index in [0.29, 0.717) is 23.6 Å². The standard InChI is InChI=1S/C16H20F2N2O/c1-3-6-19-7-4-5-16-20-10-15(21-16)12-8-11(2)13(17)9-14(12)18/h8-10,19H,3-7H2,1-2H3. The number of nitrogens with one attached hydrogen (secondary N) is 1. The molecular weight excluding hydrogens is 274 g/mol. The van der Waals surface area contributed by atoms with Gasteiger partial charge >= 0.3 is 0 Å². The molecule has 2 aromatic rings. The van der Waals surface area contributed by atoms with Gasteiger partial charge < -0.3 is 9.73 Å². The lowest BCUT2D eigenvalue weighted by Crippen LogP contribution is -2.16. The predicted molar refractivity (Wildman–Crippen MR) is 78.1 cm³/mol. The van der Waals surface area contributed by atoms with Crippen LogP contribution in [0.5, 0.6) is 0 Å². The zero-order chi connectivity index (χ0) is 15.2. The number of rotatable bonds is 7. The van der Waals surface area contributed by atoms with Gasteiger partial charge in [0, 0.05) is 12.5 Å². The molecule has 1 aromatic carbocycles. The van der Waals surface area contributed by atoms with Crippen molar-refractivity contribution in [3.8, 4) is 11.3 Å². The van der Waals surface area contributed by atoms with Crippen LogP contribution >= 0.6 is 0 Å². The molecule has 0 aliphatic rings. The lowest BCUT2D eigenvalue weighted by Gasteiger charge is -2.03. The van der Waals surface area contributed by atoms with Crippen molar-refractivity contribution in [2.24, 2.45) is 0 Å². The van der Waals surface area contributed by atoms with E-state index >= 15 is 0 Å². The fraction of sp³-hybridized carbons (Fsp3) is 0.438. The Morgan fingerprint density at radius 2 is 2.00 bits per heavy atom. The highest BCUT2D eigenvalue weighted by Gasteiger charge is 2.13. The number of halogens is 2. The molecule has 114 valence electrons. The molecule has 1 heterocycles. The highest BCUT2D eigenvalue weighted by atomic mass is 19.1. The van der Waals surface area contributed by atoms with Crippen LogP contribution in [0.4, 0.5) is 8.78 Å². The van der Waals surface area contributed by atoms with Gasteiger partial charge in [-0.2, -0.15) is 0 Å². The Morgan fingerprint density at radius 3 is 2.76 bits per heavy atom. The normalized spacial score (nSPS) is 11.0. The number of hydrogen-bond acceptors (Lipinski definition) is 3. The van der Waals surface area contributed by atoms with Crippen LogP contribution in [0.25, 0.3) is 11.3 Å². The second-order valence-electron chi connectivity index (χ2n) is 5.05. The van der Waals surface area contributed by atoms with Crippen LogP contribution in [0.2, 0.25) is 0 Å². The SMILES string of the molecule is CCCNCCCc1ncc(-c2cc(C)c(F)cc2F)o1. The number of benzene rings is 1. The van der Waals surface area contributed by atoms with E-state index in [2.05, 4.69) is 17.2 Å². The van der Waals surface area contributed by atoms with Gasteiger partial charge in [-0.3, -0.25) is 0 Å². The van der Waals surface area contributed by atoms with E-state index in [1.165, 1.54) is 12.3 Å². The third-order valence-electron chi connectivity index (χ3n) is 3.24. The van der Waals surface area contributed by atoms with Crippen molar-refractivity contribution < 1.29 is 13.2 Å². The number of hydrogen-bond donors (Lipinski definition) is 1. The van der Waals surface area contributed by atoms with Gasteiger partial charge in [-0.1, -0.05) is 6.92 Å². The molecule has 5 heteroatoms. The summed E-state index contributed by atoms with van der Waals surface area (Å²) < 4.78 is 32.6. The topological polar surface area (TPSA) is 38.1 Å². The summed E-state index contributed by atoms with van der Waals surface area (Å²) >= 11 is 0. The maximum Gasteiger partial charge on any atom is 0.194 e. The first-order valence-corrected chi connectivity index (χ1v) is 7.23. The summed E-state index contributed by atoms with van der Waals surface area (Å²) in [6.45, 7) is 5.61. The van der Waals surface area contributed by atoms with E-state index in [4.69, 9.17) is 4.42 Å². The molecule has 0 spiro atoms. The molecule has 0 atom stereocenters. The van der Waals surface area contributed by atoms with E-state index < -0.39 is 11.6 Å². The minimum absolute atomic E-state index is 0.247. The quantitative estimate of drug-likeness (QED) is 0.788. The van der Waals surface area contributed by atoms with Crippen LogP contribution in [0.1, 0.15) is 31.2 Å². The lowest BCUT2D eigenvalue weighted by molar-refractivity contribution is 0.488. The van der Waals surface area contributed by atoms with Gasteiger partial charge in [0.2, 0.25) is 0 Å². The molecule has 0 unspecified atom stereocenters. The molecule has 1 N–H and O–H groups in total. The van der Waals surface area contributed by atoms with Crippen LogP contribution in [0.15, 0.2) is 22.7 Å². The number of oxazole rings is 1. The summed E-state index contributed by atoms with van der Waals surface area (Å²) in [5, 5.41) is 3.30. The molecule has 1 aromatic heterocycles. The second kappa shape index (κ2) is 7.31. The first-order valence-electron chi connectivity index (χ1n) is 7.23. The van der Waals surface area contributed by atoms with Gasteiger partial charge in [0.1, 0.15) is 11.6 Å². The molecule has 0 aliphatic carbocycles. The summed E-state index contributed by atoms with van der Waals surface area (Å²) in [6, 6.07) is 2.32. The Labute approximate surface area is 123 Å². The summed E-state index contributed by atoms with van der Waals surface area (Å²) in [4.78, 5) is 4.15. The van der Waals surface area contributed by atoms with Gasteiger partial charge in [-0.05, 0) is 44.5 Å². The lowest BCUT2D eigenvalue weighted by atomic mass is 10.1. The molecule has 3 nitrogen and oxygen atoms in total. The summed E-state index contributed by atoms with van der Waals surface area (Å²) in [6.07, 6.45) is 4.19. The van der Waals surface area contributed by atoms with Crippen LogP contribution in [0.3, 0.4) is 0 Å². The first kappa shape index (κ1) is 15.6. The van der Waals surface area contributed by atoms with Crippen LogP contribution in [0, 0.1) is 18.6 Å². The number of aryl methyl sites for hydroxylation is 2. The Hall–Kier alpha value is -1.75. The third-order valence-corrected chi connectivity index (χ3v) is 3.24. The van der Waals surface area contributed by atoms with Crippen molar-refractivity contribution in [1.82, 2.24) is 10.3 Å². The van der Waals surface area contributed by atoms with Crippen LogP contribution in [-0.4, -0.2) is 18.1 Å². The number of nitrogens with zero attached hydrogens (tertiary/aromatic N) is 1. The van der Waals surface area contributed by atoms with Crippen LogP contribution in [-0.2, 0) is 6.42 Å². The zero-order valence-corrected chi connectivity index (χ0v) is 12.4. The molecule has 0 aliphatic heterocycles. The molecule has 0 bridgehead atoms. The first-order chi connectivity index (χ1) is 10.1. The second-order valence-corrected chi connectivity index (χ2v) is 5.05. The molecular formula is C16H20F2N2O. The Kier molecular flexibility index (Phi) is 5.44. The third kappa shape index (κ3) is 4.11. The van der Waals surface area contributed by atoms with E-state index in [-0.39, 0.29) is 5.56 Å². The molecule has 0 saturated heterocycles. The van der Waals surface area contributed by atoms with Gasteiger partial charge in [0.05, 0.1) is 11.8 Å². The van der Waals surface area contributed by atoms with Crippen molar-refractivity contribution >= 4 is 0 Å². The van der Waals surface area contributed by atoms with Crippen LogP contribution < -0.4 is 5.32 Å². The highest BCUT2D eigenvalue weighted by Crippen LogP contribution is 2.26. The van der Waals surface area contributed by atoms with E-state index in [1.807, 2.05) is 0 Å². The zero-order valence-electron chi connectivity index (χ0n) is 12.4. The summed E-state index contributed by atoms with van der Waals surface area (Å²) in [5.41, 5.74) is 0.630. The summed E-state index contributed by atoms with van der Waals surface area (Å²) in [7, 11) is 0. The minimum atomic E-state index is -0.634. The van der Waals surface area contributed by atoms with Crippen molar-refractivity contribution in [3.63, 3.8) is 0 Å². The molecule has 0 radical (unpaired) electrons. The fourth-order valence-corrected chi connectivity index (χ4v) is 2.06. The summed E-state index contributed by atoms with van der Waals surface area (Å²) in [5.74, 6) is -0.278. The average molecular weight is 294 g/mol. The monoisotopic (exact) mass is 294 g/mol. The maximum absolute atomic E-state index is 13.8. The molecule has 2 rings (SSSR count). The van der Waals surface area contributed by atoms with Gasteiger partial charge in [-0.25, -0.2) is 13.8 Å². The Morgan fingerprint density at radius 1 is 1.19 bits per heavy atom. The Balaban J connectivity index is 2.01. The average Bonchev–Trinajstić information content (AvgIpc) is 2.91. The van der Waals surface area contributed by atoms with Gasteiger partial charge in [0.15, 0.2) is 11.7 Å². The largest absolute Gasteiger partial charge is 0.441 e. The smallest absolute Gasteiger partial charge is 0.194 e. The van der Waals surface area contributed by atoms with Crippen molar-refractivity contribution in [2.45, 2.75) is 33.1 Å². The van der Waals surface area contributed by atoms with Crippen molar-refractivity contribution in [1.29, 1.82) is 0 Å². The number of aromatic nitrogens is 1.